The van der Waals surface area contributed by atoms with Crippen molar-refractivity contribution in [2.24, 2.45) is 0 Å². The van der Waals surface area contributed by atoms with Gasteiger partial charge in [0.05, 0.1) is 24.0 Å². The third-order valence-corrected chi connectivity index (χ3v) is 5.11. The summed E-state index contributed by atoms with van der Waals surface area (Å²) in [6.45, 7) is 3.52. The van der Waals surface area contributed by atoms with Crippen molar-refractivity contribution in [2.75, 3.05) is 6.54 Å². The van der Waals surface area contributed by atoms with Gasteiger partial charge in [-0.1, -0.05) is 25.3 Å². The molecule has 0 bridgehead atoms. The highest BCUT2D eigenvalue weighted by Crippen LogP contribution is 2.23. The second-order valence-corrected chi connectivity index (χ2v) is 6.64. The van der Waals surface area contributed by atoms with E-state index in [2.05, 4.69) is 16.8 Å². The quantitative estimate of drug-likeness (QED) is 0.886. The third-order valence-electron chi connectivity index (χ3n) is 5.11. The van der Waals surface area contributed by atoms with Crippen LogP contribution in [0, 0.1) is 0 Å². The first-order chi connectivity index (χ1) is 11.7. The molecule has 0 spiro atoms. The third kappa shape index (κ3) is 3.61. The van der Waals surface area contributed by atoms with E-state index < -0.39 is 0 Å². The SMILES string of the molecule is CCN(C(=O)CCn1cnc2ccc(CO)cc21)C1CCCCC1. The number of carbonyl (C=O) groups excluding carboxylic acids is 1. The van der Waals surface area contributed by atoms with Crippen molar-refractivity contribution in [1.29, 1.82) is 0 Å². The molecule has 0 saturated heterocycles. The van der Waals surface area contributed by atoms with Crippen LogP contribution in [0.2, 0.25) is 0 Å². The monoisotopic (exact) mass is 329 g/mol. The number of fused-ring (bicyclic) bond motifs is 1. The Hall–Kier alpha value is -1.88. The molecular weight excluding hydrogens is 302 g/mol. The number of aliphatic hydroxyl groups excluding tert-OH is 1. The zero-order valence-corrected chi connectivity index (χ0v) is 14.4. The number of carbonyl (C=O) groups is 1. The van der Waals surface area contributed by atoms with E-state index in [0.29, 0.717) is 19.0 Å². The minimum atomic E-state index is 0.0192. The first kappa shape index (κ1) is 17.0. The molecule has 2 aromatic rings. The predicted molar refractivity (Wildman–Crippen MR) is 94.5 cm³/mol. The molecule has 1 saturated carbocycles. The summed E-state index contributed by atoms with van der Waals surface area (Å²) in [6, 6.07) is 6.18. The molecule has 0 unspecified atom stereocenters. The first-order valence-corrected chi connectivity index (χ1v) is 9.07. The molecule has 1 fully saturated rings. The van der Waals surface area contributed by atoms with Crippen LogP contribution < -0.4 is 0 Å². The van der Waals surface area contributed by atoms with E-state index in [1.807, 2.05) is 22.8 Å². The number of benzene rings is 1. The van der Waals surface area contributed by atoms with Crippen molar-refractivity contribution in [3.8, 4) is 0 Å². The van der Waals surface area contributed by atoms with Crippen molar-refractivity contribution >= 4 is 16.9 Å². The Kier molecular flexibility index (Phi) is 5.51. The van der Waals surface area contributed by atoms with Gasteiger partial charge in [0.15, 0.2) is 0 Å². The van der Waals surface area contributed by atoms with Gasteiger partial charge in [-0.3, -0.25) is 4.79 Å². The maximum Gasteiger partial charge on any atom is 0.224 e. The van der Waals surface area contributed by atoms with Crippen LogP contribution in [0.1, 0.15) is 51.0 Å². The molecule has 130 valence electrons. The lowest BCUT2D eigenvalue weighted by atomic mass is 9.94. The summed E-state index contributed by atoms with van der Waals surface area (Å²) in [4.78, 5) is 19.1. The molecule has 1 N–H and O–H groups in total. The van der Waals surface area contributed by atoms with Crippen molar-refractivity contribution in [3.63, 3.8) is 0 Å². The van der Waals surface area contributed by atoms with E-state index in [0.717, 1.165) is 36.0 Å². The van der Waals surface area contributed by atoms with Gasteiger partial charge in [0, 0.05) is 25.6 Å². The Morgan fingerprint density at radius 1 is 1.33 bits per heavy atom. The zero-order valence-electron chi connectivity index (χ0n) is 14.4. The molecule has 1 aromatic carbocycles. The number of rotatable bonds is 6. The van der Waals surface area contributed by atoms with Crippen molar-refractivity contribution < 1.29 is 9.90 Å². The van der Waals surface area contributed by atoms with Crippen molar-refractivity contribution in [3.05, 3.63) is 30.1 Å². The summed E-state index contributed by atoms with van der Waals surface area (Å²) in [5.74, 6) is 0.240. The summed E-state index contributed by atoms with van der Waals surface area (Å²) in [5, 5.41) is 9.30. The Balaban J connectivity index is 1.66. The molecule has 0 atom stereocenters. The molecule has 0 aliphatic heterocycles. The largest absolute Gasteiger partial charge is 0.392 e. The maximum atomic E-state index is 12.7. The Morgan fingerprint density at radius 3 is 2.83 bits per heavy atom. The number of imidazole rings is 1. The fourth-order valence-electron chi connectivity index (χ4n) is 3.77. The number of hydrogen-bond donors (Lipinski definition) is 1. The van der Waals surface area contributed by atoms with Crippen LogP contribution in [0.15, 0.2) is 24.5 Å². The topological polar surface area (TPSA) is 58.4 Å². The van der Waals surface area contributed by atoms with Crippen LogP contribution >= 0.6 is 0 Å². The Bertz CT molecular complexity index is 689. The van der Waals surface area contributed by atoms with Gasteiger partial charge in [0.25, 0.3) is 0 Å². The van der Waals surface area contributed by atoms with Gasteiger partial charge in [-0.2, -0.15) is 0 Å². The zero-order chi connectivity index (χ0) is 16.9. The number of aromatic nitrogens is 2. The molecule has 1 aliphatic carbocycles. The van der Waals surface area contributed by atoms with Crippen molar-refractivity contribution in [2.45, 2.75) is 64.6 Å². The minimum Gasteiger partial charge on any atom is -0.392 e. The summed E-state index contributed by atoms with van der Waals surface area (Å²) in [5.41, 5.74) is 2.75. The molecule has 1 amide bonds. The first-order valence-electron chi connectivity index (χ1n) is 9.07. The van der Waals surface area contributed by atoms with Gasteiger partial charge < -0.3 is 14.6 Å². The highest BCUT2D eigenvalue weighted by molar-refractivity contribution is 5.78. The van der Waals surface area contributed by atoms with Crippen LogP contribution in [0.25, 0.3) is 11.0 Å². The van der Waals surface area contributed by atoms with Gasteiger partial charge in [-0.05, 0) is 37.5 Å². The lowest BCUT2D eigenvalue weighted by molar-refractivity contribution is -0.134. The Labute approximate surface area is 143 Å². The Morgan fingerprint density at radius 2 is 2.12 bits per heavy atom. The molecule has 3 rings (SSSR count). The molecule has 5 heteroatoms. The van der Waals surface area contributed by atoms with Crippen LogP contribution in [0.5, 0.6) is 0 Å². The standard InChI is InChI=1S/C19H27N3O2/c1-2-22(16-6-4-3-5-7-16)19(24)10-11-21-14-20-17-9-8-15(13-23)12-18(17)21/h8-9,12,14,16,23H,2-7,10-11,13H2,1H3. The molecule has 1 aromatic heterocycles. The number of amides is 1. The summed E-state index contributed by atoms with van der Waals surface area (Å²) in [6.07, 6.45) is 8.36. The fourth-order valence-corrected chi connectivity index (χ4v) is 3.77. The van der Waals surface area contributed by atoms with Gasteiger partial charge in [0.2, 0.25) is 5.91 Å². The average molecular weight is 329 g/mol. The van der Waals surface area contributed by atoms with E-state index in [9.17, 15) is 9.90 Å². The van der Waals surface area contributed by atoms with Gasteiger partial charge in [0.1, 0.15) is 0 Å². The molecular formula is C19H27N3O2. The summed E-state index contributed by atoms with van der Waals surface area (Å²) in [7, 11) is 0. The molecule has 1 aliphatic rings. The van der Waals surface area contributed by atoms with E-state index >= 15 is 0 Å². The summed E-state index contributed by atoms with van der Waals surface area (Å²) < 4.78 is 2.01. The highest BCUT2D eigenvalue weighted by atomic mass is 16.3. The van der Waals surface area contributed by atoms with Gasteiger partial charge in [-0.25, -0.2) is 4.98 Å². The summed E-state index contributed by atoms with van der Waals surface area (Å²) >= 11 is 0. The lowest BCUT2D eigenvalue weighted by Crippen LogP contribution is -2.41. The van der Waals surface area contributed by atoms with Gasteiger partial charge in [-0.15, -0.1) is 0 Å². The molecule has 5 nitrogen and oxygen atoms in total. The van der Waals surface area contributed by atoms with Crippen LogP contribution in [0.4, 0.5) is 0 Å². The number of nitrogens with zero attached hydrogens (tertiary/aromatic N) is 3. The number of hydrogen-bond acceptors (Lipinski definition) is 3. The number of aryl methyl sites for hydroxylation is 1. The molecule has 1 heterocycles. The lowest BCUT2D eigenvalue weighted by Gasteiger charge is -2.33. The fraction of sp³-hybridized carbons (Fsp3) is 0.579. The average Bonchev–Trinajstić information content (AvgIpc) is 3.03. The van der Waals surface area contributed by atoms with E-state index in [4.69, 9.17) is 0 Å². The maximum absolute atomic E-state index is 12.7. The smallest absolute Gasteiger partial charge is 0.224 e. The molecule has 24 heavy (non-hydrogen) atoms. The normalized spacial score (nSPS) is 15.8. The van der Waals surface area contributed by atoms with Crippen LogP contribution in [0.3, 0.4) is 0 Å². The minimum absolute atomic E-state index is 0.0192. The van der Waals surface area contributed by atoms with E-state index in [-0.39, 0.29) is 12.5 Å². The number of aliphatic hydroxyl groups is 1. The second kappa shape index (κ2) is 7.79. The predicted octanol–water partition coefficient (Wildman–Crippen LogP) is 3.10. The van der Waals surface area contributed by atoms with E-state index in [1.165, 1.54) is 19.3 Å². The highest BCUT2D eigenvalue weighted by Gasteiger charge is 2.23. The molecule has 0 radical (unpaired) electrons. The van der Waals surface area contributed by atoms with Crippen LogP contribution in [-0.4, -0.2) is 38.1 Å². The van der Waals surface area contributed by atoms with E-state index in [1.54, 1.807) is 6.33 Å². The van der Waals surface area contributed by atoms with Crippen molar-refractivity contribution in [1.82, 2.24) is 14.5 Å². The van der Waals surface area contributed by atoms with Gasteiger partial charge >= 0.3 is 0 Å². The van der Waals surface area contributed by atoms with Crippen LogP contribution in [-0.2, 0) is 17.9 Å². The second-order valence-electron chi connectivity index (χ2n) is 6.64.